The first-order valence-electron chi connectivity index (χ1n) is 3.52. The number of allylic oxidation sites excluding steroid dienone is 1. The Kier molecular flexibility index (Phi) is 2.52. The first-order valence-corrected chi connectivity index (χ1v) is 3.52. The van der Waals surface area contributed by atoms with Gasteiger partial charge < -0.3 is 15.0 Å². The molecule has 1 aromatic rings. The summed E-state index contributed by atoms with van der Waals surface area (Å²) in [5.41, 5.74) is 0.341. The van der Waals surface area contributed by atoms with Crippen molar-refractivity contribution in [1.29, 1.82) is 0 Å². The highest BCUT2D eigenvalue weighted by atomic mass is 16.4. The molecule has 12 heavy (non-hydrogen) atoms. The minimum atomic E-state index is -1.47. The molecule has 3 nitrogen and oxygen atoms in total. The second kappa shape index (κ2) is 3.43. The van der Waals surface area contributed by atoms with Crippen molar-refractivity contribution in [3.63, 3.8) is 0 Å². The lowest BCUT2D eigenvalue weighted by Gasteiger charge is -1.89. The molecule has 0 aliphatic rings. The van der Waals surface area contributed by atoms with Crippen LogP contribution >= 0.6 is 0 Å². The van der Waals surface area contributed by atoms with Crippen LogP contribution in [0.3, 0.4) is 0 Å². The van der Waals surface area contributed by atoms with Crippen LogP contribution in [0.2, 0.25) is 0 Å². The van der Waals surface area contributed by atoms with Gasteiger partial charge in [-0.1, -0.05) is 19.2 Å². The molecule has 0 saturated carbocycles. The van der Waals surface area contributed by atoms with Crippen LogP contribution < -0.4 is 16.2 Å². The third-order valence-electron chi connectivity index (χ3n) is 1.52. The van der Waals surface area contributed by atoms with Crippen LogP contribution in [-0.4, -0.2) is 22.2 Å². The molecule has 1 heterocycles. The Morgan fingerprint density at radius 2 is 2.17 bits per heavy atom. The third kappa shape index (κ3) is 1.67. The summed E-state index contributed by atoms with van der Waals surface area (Å²) in [6, 6.07) is 1.58. The van der Waals surface area contributed by atoms with Crippen LogP contribution in [0.15, 0.2) is 18.7 Å². The first-order chi connectivity index (χ1) is 5.65. The zero-order chi connectivity index (χ0) is 9.14. The van der Waals surface area contributed by atoms with Gasteiger partial charge >= 0.3 is 7.12 Å². The van der Waals surface area contributed by atoms with E-state index in [2.05, 4.69) is 18.1 Å². The van der Waals surface area contributed by atoms with Crippen molar-refractivity contribution < 1.29 is 10.0 Å². The molecule has 0 aromatic carbocycles. The minimum absolute atomic E-state index is 0.341. The number of hydrogen-bond donors (Lipinski definition) is 3. The lowest BCUT2D eigenvalue weighted by Crippen LogP contribution is -2.32. The molecule has 1 aromatic heterocycles. The summed E-state index contributed by atoms with van der Waals surface area (Å²) >= 11 is 0. The van der Waals surface area contributed by atoms with Gasteiger partial charge in [-0.2, -0.15) is 0 Å². The molecule has 4 heteroatoms. The molecule has 0 fully saturated rings. The van der Waals surface area contributed by atoms with Gasteiger partial charge in [0.25, 0.3) is 0 Å². The zero-order valence-electron chi connectivity index (χ0n) is 6.62. The fourth-order valence-electron chi connectivity index (χ4n) is 0.943. The van der Waals surface area contributed by atoms with Crippen molar-refractivity contribution in [3.8, 4) is 0 Å². The molecule has 3 N–H and O–H groups in total. The van der Waals surface area contributed by atoms with E-state index in [1.165, 1.54) is 0 Å². The van der Waals surface area contributed by atoms with Gasteiger partial charge in [0.1, 0.15) is 0 Å². The van der Waals surface area contributed by atoms with E-state index in [1.807, 2.05) is 0 Å². The van der Waals surface area contributed by atoms with Crippen molar-refractivity contribution in [3.05, 3.63) is 29.3 Å². The smallest absolute Gasteiger partial charge is 0.422 e. The fourth-order valence-corrected chi connectivity index (χ4v) is 0.943. The number of aromatic nitrogens is 1. The molecule has 0 atom stereocenters. The maximum atomic E-state index is 8.79. The van der Waals surface area contributed by atoms with Crippen LogP contribution in [0.5, 0.6) is 0 Å². The van der Waals surface area contributed by atoms with Gasteiger partial charge in [-0.3, -0.25) is 0 Å². The number of H-pyrrole nitrogens is 1. The molecule has 0 aliphatic heterocycles. The minimum Gasteiger partial charge on any atom is -0.422 e. The Bertz CT molecular complexity index is 380. The summed E-state index contributed by atoms with van der Waals surface area (Å²) in [6.07, 6.45) is 3.32. The molecule has 0 radical (unpaired) electrons. The number of aromatic amines is 1. The Hall–Kier alpha value is -1.26. The predicted octanol–water partition coefficient (Wildman–Crippen LogP) is -1.93. The number of rotatable bonds is 2. The summed E-state index contributed by atoms with van der Waals surface area (Å²) in [7, 11) is -1.47. The predicted molar refractivity (Wildman–Crippen MR) is 50.1 cm³/mol. The van der Waals surface area contributed by atoms with Crippen LogP contribution in [0, 0.1) is 0 Å². The molecule has 0 bridgehead atoms. The van der Waals surface area contributed by atoms with Crippen LogP contribution in [0.4, 0.5) is 0 Å². The summed E-state index contributed by atoms with van der Waals surface area (Å²) in [4.78, 5) is 2.79. The lowest BCUT2D eigenvalue weighted by molar-refractivity contribution is 0.424. The van der Waals surface area contributed by atoms with E-state index in [-0.39, 0.29) is 0 Å². The van der Waals surface area contributed by atoms with E-state index in [4.69, 9.17) is 10.0 Å². The normalized spacial score (nSPS) is 11.7. The van der Waals surface area contributed by atoms with Gasteiger partial charge in [0.2, 0.25) is 0 Å². The average molecular weight is 163 g/mol. The van der Waals surface area contributed by atoms with E-state index >= 15 is 0 Å². The maximum absolute atomic E-state index is 8.79. The Balaban J connectivity index is 3.27. The van der Waals surface area contributed by atoms with Crippen molar-refractivity contribution in [2.75, 3.05) is 0 Å². The molecule has 0 spiro atoms. The Morgan fingerprint density at radius 1 is 1.50 bits per heavy atom. The van der Waals surface area contributed by atoms with E-state index in [0.717, 1.165) is 10.6 Å². The number of nitrogens with one attached hydrogen (secondary N) is 1. The van der Waals surface area contributed by atoms with Crippen molar-refractivity contribution in [2.24, 2.45) is 0 Å². The SMILES string of the molecule is C=C/C=c1/[nH]c(B(O)O)cc1=C. The molecule has 62 valence electrons. The van der Waals surface area contributed by atoms with E-state index in [9.17, 15) is 0 Å². The molecule has 0 saturated heterocycles. The topological polar surface area (TPSA) is 56.2 Å². The summed E-state index contributed by atoms with van der Waals surface area (Å²) in [5, 5.41) is 19.0. The van der Waals surface area contributed by atoms with Crippen molar-refractivity contribution >= 4 is 25.4 Å². The molecular formula is C8H10BNO2. The van der Waals surface area contributed by atoms with Gasteiger partial charge in [-0.15, -0.1) is 0 Å². The van der Waals surface area contributed by atoms with Gasteiger partial charge in [-0.25, -0.2) is 0 Å². The molecule has 0 unspecified atom stereocenters. The van der Waals surface area contributed by atoms with Gasteiger partial charge in [-0.05, 0) is 17.4 Å². The summed E-state index contributed by atoms with van der Waals surface area (Å²) in [6.45, 7) is 7.23. The summed E-state index contributed by atoms with van der Waals surface area (Å²) in [5.74, 6) is 0. The standard InChI is InChI=1S/C8H10BNO2/c1-3-4-7-6(2)5-8(10-7)9(11)12/h3-5,10-12H,1-2H2/b7-4+. The second-order valence-corrected chi connectivity index (χ2v) is 2.44. The van der Waals surface area contributed by atoms with Crippen molar-refractivity contribution in [2.45, 2.75) is 0 Å². The Morgan fingerprint density at radius 3 is 2.58 bits per heavy atom. The molecule has 1 rings (SSSR count). The van der Waals surface area contributed by atoms with E-state index in [1.54, 1.807) is 18.2 Å². The highest BCUT2D eigenvalue weighted by Crippen LogP contribution is 1.68. The van der Waals surface area contributed by atoms with Crippen LogP contribution in [-0.2, 0) is 0 Å². The zero-order valence-corrected chi connectivity index (χ0v) is 6.62. The molecular weight excluding hydrogens is 153 g/mol. The maximum Gasteiger partial charge on any atom is 0.505 e. The van der Waals surface area contributed by atoms with Crippen LogP contribution in [0.1, 0.15) is 0 Å². The average Bonchev–Trinajstić information content (AvgIpc) is 2.34. The lowest BCUT2D eigenvalue weighted by atomic mass is 9.87. The quantitative estimate of drug-likeness (QED) is 0.445. The van der Waals surface area contributed by atoms with E-state index < -0.39 is 7.12 Å². The molecule has 0 amide bonds. The highest BCUT2D eigenvalue weighted by Gasteiger charge is 2.11. The van der Waals surface area contributed by atoms with Gasteiger partial charge in [0, 0.05) is 10.9 Å². The van der Waals surface area contributed by atoms with Gasteiger partial charge in [0.15, 0.2) is 0 Å². The highest BCUT2D eigenvalue weighted by molar-refractivity contribution is 6.57. The Labute approximate surface area is 70.5 Å². The van der Waals surface area contributed by atoms with Gasteiger partial charge in [0.05, 0.1) is 0 Å². The summed E-state index contributed by atoms with van der Waals surface area (Å²) < 4.78 is 0. The first kappa shape index (κ1) is 8.84. The largest absolute Gasteiger partial charge is 0.505 e. The second-order valence-electron chi connectivity index (χ2n) is 2.44. The fraction of sp³-hybridized carbons (Fsp3) is 0. The third-order valence-corrected chi connectivity index (χ3v) is 1.52. The van der Waals surface area contributed by atoms with Crippen molar-refractivity contribution in [1.82, 2.24) is 4.98 Å². The number of hydrogen-bond acceptors (Lipinski definition) is 2. The van der Waals surface area contributed by atoms with Crippen LogP contribution in [0.25, 0.3) is 12.7 Å². The molecule has 0 aliphatic carbocycles. The monoisotopic (exact) mass is 163 g/mol. The van der Waals surface area contributed by atoms with E-state index in [0.29, 0.717) is 5.59 Å².